The van der Waals surface area contributed by atoms with Crippen molar-refractivity contribution in [3.8, 4) is 45.8 Å². The van der Waals surface area contributed by atoms with E-state index in [2.05, 4.69) is 0 Å². The molecule has 17 nitrogen and oxygen atoms in total. The maximum absolute atomic E-state index is 10.7. The molecule has 0 saturated carbocycles. The van der Waals surface area contributed by atoms with Crippen LogP contribution in [0.2, 0.25) is 0 Å². The lowest BCUT2D eigenvalue weighted by atomic mass is 9.98. The monoisotopic (exact) mass is 641 g/mol. The van der Waals surface area contributed by atoms with Gasteiger partial charge in [0.05, 0.1) is 32.0 Å². The van der Waals surface area contributed by atoms with Gasteiger partial charge in [-0.3, -0.25) is 0 Å². The average molecular weight is 642 g/mol. The SMILES string of the molecule is COc1cc(-c2[o+]c3cc(O)cc(O)c3cc2O[C@@H]2OC(CO[C@@H]3OC(CO)[C@@H](O)C(O)C3O)[C@H](O)C(O)C2O)cc(O)c1O. The van der Waals surface area contributed by atoms with Crippen LogP contribution in [0.4, 0.5) is 0 Å². The molecule has 0 bridgehead atoms. The average Bonchev–Trinajstić information content (AvgIpc) is 3.01. The van der Waals surface area contributed by atoms with Crippen molar-refractivity contribution in [1.29, 1.82) is 0 Å². The third kappa shape index (κ3) is 6.23. The predicted molar refractivity (Wildman–Crippen MR) is 146 cm³/mol. The molecule has 17 heteroatoms. The van der Waals surface area contributed by atoms with Gasteiger partial charge in [-0.1, -0.05) is 0 Å². The molecular weight excluding hydrogens is 608 g/mol. The van der Waals surface area contributed by atoms with Gasteiger partial charge in [0.1, 0.15) is 65.7 Å². The Morgan fingerprint density at radius 2 is 1.36 bits per heavy atom. The molecule has 2 saturated heterocycles. The second-order valence-electron chi connectivity index (χ2n) is 10.5. The van der Waals surface area contributed by atoms with E-state index >= 15 is 0 Å². The molecule has 11 N–H and O–H groups in total. The van der Waals surface area contributed by atoms with Crippen LogP contribution in [-0.4, -0.2) is 138 Å². The van der Waals surface area contributed by atoms with Gasteiger partial charge in [-0.25, -0.2) is 4.42 Å². The lowest BCUT2D eigenvalue weighted by Gasteiger charge is -2.42. The first-order valence-electron chi connectivity index (χ1n) is 13.6. The molecule has 2 aromatic carbocycles. The number of hydrogen-bond acceptors (Lipinski definition) is 16. The topological polar surface area (TPSA) is 280 Å². The van der Waals surface area contributed by atoms with E-state index in [9.17, 15) is 56.2 Å². The molecule has 246 valence electrons. The highest BCUT2D eigenvalue weighted by Gasteiger charge is 2.48. The fourth-order valence-electron chi connectivity index (χ4n) is 5.02. The molecule has 5 rings (SSSR count). The van der Waals surface area contributed by atoms with Crippen LogP contribution >= 0.6 is 0 Å². The van der Waals surface area contributed by atoms with Crippen LogP contribution in [0.1, 0.15) is 0 Å². The number of rotatable bonds is 8. The Balaban J connectivity index is 1.46. The zero-order valence-corrected chi connectivity index (χ0v) is 23.4. The minimum Gasteiger partial charge on any atom is -0.507 e. The van der Waals surface area contributed by atoms with Crippen LogP contribution in [0.3, 0.4) is 0 Å². The summed E-state index contributed by atoms with van der Waals surface area (Å²) >= 11 is 0. The summed E-state index contributed by atoms with van der Waals surface area (Å²) in [7, 11) is 1.23. The molecular formula is C28H33O17+. The van der Waals surface area contributed by atoms with E-state index in [0.29, 0.717) is 0 Å². The molecule has 3 aromatic rings. The summed E-state index contributed by atoms with van der Waals surface area (Å²) in [6.07, 6.45) is -16.8. The van der Waals surface area contributed by atoms with E-state index in [-0.39, 0.29) is 39.5 Å². The number of aliphatic hydroxyl groups is 7. The molecule has 10 atom stereocenters. The Bertz CT molecular complexity index is 1510. The van der Waals surface area contributed by atoms with Gasteiger partial charge in [0.15, 0.2) is 17.8 Å². The molecule has 0 spiro atoms. The quantitative estimate of drug-likeness (QED) is 0.0957. The van der Waals surface area contributed by atoms with Crippen molar-refractivity contribution >= 4 is 11.0 Å². The lowest BCUT2D eigenvalue weighted by molar-refractivity contribution is -0.323. The van der Waals surface area contributed by atoms with E-state index in [0.717, 1.165) is 12.1 Å². The summed E-state index contributed by atoms with van der Waals surface area (Å²) in [6, 6.07) is 5.80. The Kier molecular flexibility index (Phi) is 9.38. The van der Waals surface area contributed by atoms with Gasteiger partial charge in [0, 0.05) is 24.3 Å². The van der Waals surface area contributed by atoms with Gasteiger partial charge in [-0.15, -0.1) is 0 Å². The lowest BCUT2D eigenvalue weighted by Crippen LogP contribution is -2.62. The van der Waals surface area contributed by atoms with Crippen molar-refractivity contribution in [1.82, 2.24) is 0 Å². The minimum absolute atomic E-state index is 0.0231. The predicted octanol–water partition coefficient (Wildman–Crippen LogP) is -1.79. The van der Waals surface area contributed by atoms with Crippen molar-refractivity contribution in [3.05, 3.63) is 30.3 Å². The first-order chi connectivity index (χ1) is 21.3. The van der Waals surface area contributed by atoms with E-state index in [4.69, 9.17) is 28.1 Å². The van der Waals surface area contributed by atoms with Gasteiger partial charge in [0.2, 0.25) is 17.8 Å². The fourth-order valence-corrected chi connectivity index (χ4v) is 5.02. The van der Waals surface area contributed by atoms with Gasteiger partial charge in [-0.05, 0) is 0 Å². The molecule has 3 heterocycles. The van der Waals surface area contributed by atoms with E-state index in [1.807, 2.05) is 0 Å². The number of fused-ring (bicyclic) bond motifs is 1. The second kappa shape index (κ2) is 12.9. The third-order valence-electron chi connectivity index (χ3n) is 7.54. The van der Waals surface area contributed by atoms with Gasteiger partial charge >= 0.3 is 11.3 Å². The summed E-state index contributed by atoms with van der Waals surface area (Å²) in [5, 5.41) is 112. The van der Waals surface area contributed by atoms with Crippen molar-refractivity contribution in [2.24, 2.45) is 0 Å². The van der Waals surface area contributed by atoms with E-state index < -0.39 is 91.9 Å². The molecule has 2 aliphatic heterocycles. The maximum atomic E-state index is 10.7. The zero-order valence-electron chi connectivity index (χ0n) is 23.4. The number of hydrogen-bond donors (Lipinski definition) is 11. The van der Waals surface area contributed by atoms with Crippen LogP contribution in [0, 0.1) is 0 Å². The number of phenolic OH excluding ortho intramolecular Hbond substituents is 4. The standard InChI is InChI=1S/C28H32O17/c1-40-15-3-9(2-13(32)19(15)33)26-16(6-11-12(31)4-10(30)5-14(11)42-26)43-28-25(39)23(37)21(35)18(45-28)8-41-27-24(38)22(36)20(34)17(7-29)44-27/h2-6,17-18,20-25,27-29,34-39H,7-8H2,1H3,(H3-,30,31,32,33)/p+1/t17?,18?,20-,21+,22?,23?,24?,25?,27-,28-/m1/s1. The molecule has 0 aliphatic carbocycles. The number of ether oxygens (including phenoxy) is 5. The van der Waals surface area contributed by atoms with Crippen molar-refractivity contribution < 1.29 is 84.3 Å². The first-order valence-corrected chi connectivity index (χ1v) is 13.6. The Hall–Kier alpha value is -3.75. The Labute approximate surface area is 253 Å². The van der Waals surface area contributed by atoms with Crippen LogP contribution in [-0.2, 0) is 14.2 Å². The van der Waals surface area contributed by atoms with Crippen LogP contribution in [0.5, 0.6) is 34.5 Å². The van der Waals surface area contributed by atoms with Gasteiger partial charge in [0.25, 0.3) is 0 Å². The molecule has 2 aliphatic rings. The van der Waals surface area contributed by atoms with Crippen LogP contribution < -0.4 is 9.47 Å². The smallest absolute Gasteiger partial charge is 0.402 e. The fraction of sp³-hybridized carbons (Fsp3) is 0.464. The zero-order chi connectivity index (χ0) is 32.7. The van der Waals surface area contributed by atoms with Crippen molar-refractivity contribution in [2.75, 3.05) is 20.3 Å². The van der Waals surface area contributed by atoms with Crippen molar-refractivity contribution in [2.45, 2.75) is 61.4 Å². The Morgan fingerprint density at radius 3 is 2.02 bits per heavy atom. The molecule has 0 amide bonds. The number of benzene rings is 2. The molecule has 6 unspecified atom stereocenters. The highest BCUT2D eigenvalue weighted by atomic mass is 16.7. The Morgan fingerprint density at radius 1 is 0.711 bits per heavy atom. The number of phenols is 4. The highest BCUT2D eigenvalue weighted by molar-refractivity contribution is 5.88. The summed E-state index contributed by atoms with van der Waals surface area (Å²) < 4.78 is 33.3. The third-order valence-corrected chi connectivity index (χ3v) is 7.54. The molecule has 45 heavy (non-hydrogen) atoms. The summed E-state index contributed by atoms with van der Waals surface area (Å²) in [4.78, 5) is 0. The largest absolute Gasteiger partial charge is 0.507 e. The minimum atomic E-state index is -1.89. The van der Waals surface area contributed by atoms with Gasteiger partial charge in [-0.2, -0.15) is 0 Å². The van der Waals surface area contributed by atoms with Crippen LogP contribution in [0.25, 0.3) is 22.3 Å². The number of aliphatic hydroxyl groups excluding tert-OH is 7. The summed E-state index contributed by atoms with van der Waals surface area (Å²) in [6.45, 7) is -1.33. The normalized spacial score (nSPS) is 32.0. The summed E-state index contributed by atoms with van der Waals surface area (Å²) in [5.74, 6) is -2.57. The molecule has 2 fully saturated rings. The first kappa shape index (κ1) is 32.6. The highest BCUT2D eigenvalue weighted by Crippen LogP contribution is 2.45. The maximum Gasteiger partial charge on any atom is 0.402 e. The van der Waals surface area contributed by atoms with Crippen LogP contribution in [0.15, 0.2) is 34.7 Å². The summed E-state index contributed by atoms with van der Waals surface area (Å²) in [5.41, 5.74) is 0.00280. The number of methoxy groups -OCH3 is 1. The van der Waals surface area contributed by atoms with Gasteiger partial charge < -0.3 is 79.9 Å². The van der Waals surface area contributed by atoms with E-state index in [1.165, 1.54) is 25.3 Å². The van der Waals surface area contributed by atoms with E-state index in [1.54, 1.807) is 0 Å². The molecule has 1 aromatic heterocycles. The van der Waals surface area contributed by atoms with Crippen molar-refractivity contribution in [3.63, 3.8) is 0 Å². The molecule has 0 radical (unpaired) electrons. The number of aromatic hydroxyl groups is 4. The second-order valence-corrected chi connectivity index (χ2v) is 10.5.